The van der Waals surface area contributed by atoms with Crippen LogP contribution in [0, 0.1) is 0 Å². The third kappa shape index (κ3) is 0.483. The van der Waals surface area contributed by atoms with Crippen LogP contribution in [-0.4, -0.2) is 32.1 Å². The van der Waals surface area contributed by atoms with E-state index in [0.29, 0.717) is 19.0 Å². The zero-order valence-corrected chi connectivity index (χ0v) is 5.78. The summed E-state index contributed by atoms with van der Waals surface area (Å²) in [6.07, 6.45) is 0.815. The summed E-state index contributed by atoms with van der Waals surface area (Å²) in [5, 5.41) is 0. The van der Waals surface area contributed by atoms with Gasteiger partial charge in [0.25, 0.3) is 0 Å². The van der Waals surface area contributed by atoms with Crippen LogP contribution >= 0.6 is 0 Å². The Balaban J connectivity index is 2.33. The second-order valence-corrected chi connectivity index (χ2v) is 5.25. The third-order valence-corrected chi connectivity index (χ3v) is 4.72. The van der Waals surface area contributed by atoms with Gasteiger partial charge in [-0.2, -0.15) is 0 Å². The number of hydrogen-bond acceptors (Lipinski definition) is 3. The fourth-order valence-corrected chi connectivity index (χ4v) is 2.85. The Labute approximate surface area is 53.9 Å². The molecule has 0 aromatic carbocycles. The van der Waals surface area contributed by atoms with Gasteiger partial charge in [-0.25, -0.2) is 8.42 Å². The van der Waals surface area contributed by atoms with Gasteiger partial charge in [0.15, 0.2) is 9.84 Å². The third-order valence-electron chi connectivity index (χ3n) is 2.22. The average Bonchev–Trinajstić information content (AvgIpc) is 1.59. The van der Waals surface area contributed by atoms with Crippen molar-refractivity contribution >= 4 is 9.84 Å². The lowest BCUT2D eigenvalue weighted by molar-refractivity contribution is -0.0228. The molecule has 0 radical (unpaired) electrons. The highest BCUT2D eigenvalue weighted by Crippen LogP contribution is 2.39. The predicted octanol–water partition coefficient (Wildman–Crippen LogP) is -0.426. The van der Waals surface area contributed by atoms with E-state index in [1.54, 1.807) is 0 Å². The molecule has 2 saturated heterocycles. The van der Waals surface area contributed by atoms with Crippen LogP contribution < -0.4 is 0 Å². The van der Waals surface area contributed by atoms with Crippen LogP contribution in [0.1, 0.15) is 6.42 Å². The normalized spacial score (nSPS) is 35.1. The number of sulfone groups is 1. The monoisotopic (exact) mass is 148 g/mol. The molecule has 0 aliphatic carbocycles. The summed E-state index contributed by atoms with van der Waals surface area (Å²) in [4.78, 5) is 0. The Morgan fingerprint density at radius 2 is 2.00 bits per heavy atom. The average molecular weight is 148 g/mol. The molecule has 3 nitrogen and oxygen atoms in total. The lowest BCUT2D eigenvalue weighted by atomic mass is 10.0. The van der Waals surface area contributed by atoms with Gasteiger partial charge in [0.2, 0.25) is 0 Å². The maximum atomic E-state index is 10.9. The largest absolute Gasteiger partial charge is 0.378 e. The smallest absolute Gasteiger partial charge is 0.160 e. The highest BCUT2D eigenvalue weighted by Gasteiger charge is 2.57. The van der Waals surface area contributed by atoms with Gasteiger partial charge in [-0.15, -0.1) is 0 Å². The first kappa shape index (κ1) is 5.68. The molecule has 2 aliphatic heterocycles. The van der Waals surface area contributed by atoms with Crippen LogP contribution in [0.25, 0.3) is 0 Å². The van der Waals surface area contributed by atoms with Crippen molar-refractivity contribution in [2.45, 2.75) is 11.2 Å². The van der Waals surface area contributed by atoms with Crippen molar-refractivity contribution in [3.63, 3.8) is 0 Å². The van der Waals surface area contributed by atoms with Crippen molar-refractivity contribution in [2.24, 2.45) is 0 Å². The van der Waals surface area contributed by atoms with Gasteiger partial charge in [0, 0.05) is 0 Å². The lowest BCUT2D eigenvalue weighted by Crippen LogP contribution is -2.64. The molecule has 1 spiro atoms. The molecule has 2 fully saturated rings. The van der Waals surface area contributed by atoms with Crippen LogP contribution in [0.15, 0.2) is 0 Å². The van der Waals surface area contributed by atoms with Gasteiger partial charge in [-0.3, -0.25) is 0 Å². The minimum absolute atomic E-state index is 0.371. The van der Waals surface area contributed by atoms with Gasteiger partial charge < -0.3 is 4.74 Å². The number of ether oxygens (including phenoxy) is 1. The molecule has 0 aromatic heterocycles. The van der Waals surface area contributed by atoms with E-state index in [4.69, 9.17) is 4.74 Å². The van der Waals surface area contributed by atoms with E-state index >= 15 is 0 Å². The molecule has 0 atom stereocenters. The van der Waals surface area contributed by atoms with Crippen LogP contribution in [0.2, 0.25) is 0 Å². The molecule has 0 aromatic rings. The van der Waals surface area contributed by atoms with Crippen LogP contribution in [0.5, 0.6) is 0 Å². The SMILES string of the molecule is O=S1(=O)CCC12COC2. The lowest BCUT2D eigenvalue weighted by Gasteiger charge is -2.47. The van der Waals surface area contributed by atoms with E-state index in [1.807, 2.05) is 0 Å². The Hall–Kier alpha value is -0.0900. The van der Waals surface area contributed by atoms with Crippen molar-refractivity contribution in [1.29, 1.82) is 0 Å². The van der Waals surface area contributed by atoms with Crippen molar-refractivity contribution in [3.05, 3.63) is 0 Å². The Kier molecular flexibility index (Phi) is 0.833. The molecule has 2 aliphatic rings. The van der Waals surface area contributed by atoms with Gasteiger partial charge in [-0.1, -0.05) is 0 Å². The number of rotatable bonds is 0. The first-order valence-electron chi connectivity index (χ1n) is 2.96. The molecule has 2 rings (SSSR count). The van der Waals surface area contributed by atoms with E-state index in [1.165, 1.54) is 0 Å². The molecule has 0 unspecified atom stereocenters. The van der Waals surface area contributed by atoms with Crippen molar-refractivity contribution in [3.8, 4) is 0 Å². The Morgan fingerprint density at radius 1 is 1.33 bits per heavy atom. The molecule has 0 N–H and O–H groups in total. The topological polar surface area (TPSA) is 43.4 Å². The minimum Gasteiger partial charge on any atom is -0.378 e. The van der Waals surface area contributed by atoms with Crippen molar-refractivity contribution < 1.29 is 13.2 Å². The first-order valence-corrected chi connectivity index (χ1v) is 4.62. The van der Waals surface area contributed by atoms with Crippen molar-refractivity contribution in [2.75, 3.05) is 19.0 Å². The van der Waals surface area contributed by atoms with E-state index in [0.717, 1.165) is 6.42 Å². The summed E-state index contributed by atoms with van der Waals surface area (Å²) in [5.41, 5.74) is 0. The second kappa shape index (κ2) is 1.32. The van der Waals surface area contributed by atoms with E-state index in [9.17, 15) is 8.42 Å². The van der Waals surface area contributed by atoms with Crippen molar-refractivity contribution in [1.82, 2.24) is 0 Å². The predicted molar refractivity (Wildman–Crippen MR) is 32.0 cm³/mol. The maximum Gasteiger partial charge on any atom is 0.160 e. The highest BCUT2D eigenvalue weighted by molar-refractivity contribution is 7.94. The summed E-state index contributed by atoms with van der Waals surface area (Å²) in [7, 11) is -2.71. The fraction of sp³-hybridized carbons (Fsp3) is 1.00. The van der Waals surface area contributed by atoms with E-state index in [-0.39, 0.29) is 0 Å². The summed E-state index contributed by atoms with van der Waals surface area (Å²) in [5.74, 6) is 0.371. The van der Waals surface area contributed by atoms with Crippen LogP contribution in [0.4, 0.5) is 0 Å². The molecule has 2 heterocycles. The molecule has 0 saturated carbocycles. The second-order valence-electron chi connectivity index (χ2n) is 2.74. The Morgan fingerprint density at radius 3 is 2.00 bits per heavy atom. The van der Waals surface area contributed by atoms with Gasteiger partial charge in [0.05, 0.1) is 19.0 Å². The molecule has 4 heteroatoms. The summed E-state index contributed by atoms with van der Waals surface area (Å²) < 4.78 is 26.3. The standard InChI is InChI=1S/C5H8O3S/c6-9(7)2-1-5(9)3-8-4-5/h1-4H2. The number of hydrogen-bond donors (Lipinski definition) is 0. The molecule has 9 heavy (non-hydrogen) atoms. The van der Waals surface area contributed by atoms with Gasteiger partial charge in [-0.05, 0) is 6.42 Å². The van der Waals surface area contributed by atoms with Crippen LogP contribution in [0.3, 0.4) is 0 Å². The minimum atomic E-state index is -2.71. The van der Waals surface area contributed by atoms with E-state index in [2.05, 4.69) is 0 Å². The van der Waals surface area contributed by atoms with Crippen LogP contribution in [-0.2, 0) is 14.6 Å². The fourth-order valence-electron chi connectivity index (χ4n) is 1.21. The first-order chi connectivity index (χ1) is 4.16. The van der Waals surface area contributed by atoms with E-state index < -0.39 is 14.6 Å². The quantitative estimate of drug-likeness (QED) is 0.468. The molecular weight excluding hydrogens is 140 g/mol. The van der Waals surface area contributed by atoms with Gasteiger partial charge in [0.1, 0.15) is 4.75 Å². The maximum absolute atomic E-state index is 10.9. The molecular formula is C5H8O3S. The highest BCUT2D eigenvalue weighted by atomic mass is 32.2. The summed E-state index contributed by atoms with van der Waals surface area (Å²) in [6.45, 7) is 0.880. The molecule has 52 valence electrons. The Bertz CT molecular complexity index is 219. The summed E-state index contributed by atoms with van der Waals surface area (Å²) in [6, 6.07) is 0. The summed E-state index contributed by atoms with van der Waals surface area (Å²) >= 11 is 0. The molecule has 0 bridgehead atoms. The van der Waals surface area contributed by atoms with Gasteiger partial charge >= 0.3 is 0 Å². The molecule has 0 amide bonds. The zero-order valence-electron chi connectivity index (χ0n) is 4.96. The zero-order chi connectivity index (χ0) is 6.54.